The Kier molecular flexibility index (Phi) is 3.62. The SMILES string of the molecule is Cc1ccc(O)c(-c2cc(N3CCNCC3)c(N)nn2)c1. The van der Waals surface area contributed by atoms with Crippen LogP contribution in [0.1, 0.15) is 5.56 Å². The van der Waals surface area contributed by atoms with Crippen LogP contribution in [0, 0.1) is 6.92 Å². The molecule has 0 aliphatic carbocycles. The number of anilines is 2. The second-order valence-electron chi connectivity index (χ2n) is 5.26. The molecule has 3 rings (SSSR count). The van der Waals surface area contributed by atoms with Gasteiger partial charge in [0.15, 0.2) is 5.82 Å². The molecule has 1 aliphatic heterocycles. The number of aromatic nitrogens is 2. The number of hydrogen-bond donors (Lipinski definition) is 3. The highest BCUT2D eigenvalue weighted by atomic mass is 16.3. The van der Waals surface area contributed by atoms with E-state index in [9.17, 15) is 5.11 Å². The number of phenols is 1. The summed E-state index contributed by atoms with van der Waals surface area (Å²) in [5, 5.41) is 21.5. The number of piperazine rings is 1. The van der Waals surface area contributed by atoms with E-state index in [0.717, 1.165) is 37.4 Å². The van der Waals surface area contributed by atoms with Crippen molar-refractivity contribution in [2.24, 2.45) is 0 Å². The molecule has 0 atom stereocenters. The first kappa shape index (κ1) is 13.6. The molecule has 1 fully saturated rings. The van der Waals surface area contributed by atoms with Gasteiger partial charge in [0.1, 0.15) is 5.75 Å². The van der Waals surface area contributed by atoms with Crippen molar-refractivity contribution in [2.45, 2.75) is 6.92 Å². The third-order valence-electron chi connectivity index (χ3n) is 3.69. The van der Waals surface area contributed by atoms with Crippen LogP contribution in [0.5, 0.6) is 5.75 Å². The number of nitrogens with one attached hydrogen (secondary N) is 1. The molecule has 6 heteroatoms. The highest BCUT2D eigenvalue weighted by Crippen LogP contribution is 2.32. The summed E-state index contributed by atoms with van der Waals surface area (Å²) in [5.41, 5.74) is 9.22. The summed E-state index contributed by atoms with van der Waals surface area (Å²) < 4.78 is 0. The van der Waals surface area contributed by atoms with Gasteiger partial charge in [0, 0.05) is 31.7 Å². The molecule has 110 valence electrons. The lowest BCUT2D eigenvalue weighted by atomic mass is 10.1. The van der Waals surface area contributed by atoms with Gasteiger partial charge in [-0.2, -0.15) is 0 Å². The molecule has 0 amide bonds. The molecule has 0 radical (unpaired) electrons. The number of aryl methyl sites for hydroxylation is 1. The van der Waals surface area contributed by atoms with Crippen molar-refractivity contribution in [3.8, 4) is 17.0 Å². The van der Waals surface area contributed by atoms with Crippen LogP contribution in [0.4, 0.5) is 11.5 Å². The van der Waals surface area contributed by atoms with Crippen molar-refractivity contribution in [1.29, 1.82) is 0 Å². The van der Waals surface area contributed by atoms with Gasteiger partial charge in [-0.15, -0.1) is 10.2 Å². The molecule has 0 spiro atoms. The third-order valence-corrected chi connectivity index (χ3v) is 3.69. The van der Waals surface area contributed by atoms with Gasteiger partial charge in [-0.1, -0.05) is 11.6 Å². The molecule has 1 aromatic carbocycles. The average molecular weight is 285 g/mol. The third kappa shape index (κ3) is 2.75. The number of rotatable bonds is 2. The van der Waals surface area contributed by atoms with Crippen molar-refractivity contribution in [2.75, 3.05) is 36.8 Å². The molecule has 6 nitrogen and oxygen atoms in total. The second kappa shape index (κ2) is 5.57. The van der Waals surface area contributed by atoms with Crippen LogP contribution >= 0.6 is 0 Å². The average Bonchev–Trinajstić information content (AvgIpc) is 2.51. The van der Waals surface area contributed by atoms with Gasteiger partial charge < -0.3 is 21.1 Å². The molecule has 1 aromatic heterocycles. The normalized spacial score (nSPS) is 15.2. The lowest BCUT2D eigenvalue weighted by Gasteiger charge is -2.30. The number of hydrogen-bond acceptors (Lipinski definition) is 6. The number of phenolic OH excluding ortho intramolecular Hbond substituents is 1. The van der Waals surface area contributed by atoms with Gasteiger partial charge in [0.2, 0.25) is 0 Å². The molecule has 0 saturated carbocycles. The zero-order chi connectivity index (χ0) is 14.8. The summed E-state index contributed by atoms with van der Waals surface area (Å²) in [4.78, 5) is 2.19. The van der Waals surface area contributed by atoms with Crippen LogP contribution in [0.2, 0.25) is 0 Å². The van der Waals surface area contributed by atoms with E-state index in [-0.39, 0.29) is 5.75 Å². The zero-order valence-corrected chi connectivity index (χ0v) is 12.0. The summed E-state index contributed by atoms with van der Waals surface area (Å²) in [7, 11) is 0. The predicted octanol–water partition coefficient (Wildman–Crippen LogP) is 1.15. The molecule has 21 heavy (non-hydrogen) atoms. The van der Waals surface area contributed by atoms with Crippen LogP contribution in [0.3, 0.4) is 0 Å². The Morgan fingerprint density at radius 1 is 1.19 bits per heavy atom. The van der Waals surface area contributed by atoms with Crippen LogP contribution in [-0.4, -0.2) is 41.5 Å². The topological polar surface area (TPSA) is 87.3 Å². The van der Waals surface area contributed by atoms with Gasteiger partial charge >= 0.3 is 0 Å². The number of aromatic hydroxyl groups is 1. The van der Waals surface area contributed by atoms with E-state index in [0.29, 0.717) is 17.1 Å². The molecular formula is C15H19N5O. The van der Waals surface area contributed by atoms with Crippen LogP contribution in [-0.2, 0) is 0 Å². The number of benzene rings is 1. The van der Waals surface area contributed by atoms with Gasteiger partial charge in [-0.25, -0.2) is 0 Å². The number of nitrogens with two attached hydrogens (primary N) is 1. The Morgan fingerprint density at radius 2 is 1.95 bits per heavy atom. The highest BCUT2D eigenvalue weighted by Gasteiger charge is 2.17. The summed E-state index contributed by atoms with van der Waals surface area (Å²) >= 11 is 0. The Hall–Kier alpha value is -2.34. The Bertz CT molecular complexity index is 653. The number of nitrogens with zero attached hydrogens (tertiary/aromatic N) is 3. The first-order chi connectivity index (χ1) is 10.1. The smallest absolute Gasteiger partial charge is 0.169 e. The number of nitrogen functional groups attached to an aromatic ring is 1. The molecule has 2 heterocycles. The largest absolute Gasteiger partial charge is 0.507 e. The van der Waals surface area contributed by atoms with E-state index < -0.39 is 0 Å². The van der Waals surface area contributed by atoms with E-state index in [2.05, 4.69) is 20.4 Å². The molecule has 4 N–H and O–H groups in total. The van der Waals surface area contributed by atoms with Gasteiger partial charge in [0.05, 0.1) is 11.4 Å². The summed E-state index contributed by atoms with van der Waals surface area (Å²) in [5.74, 6) is 0.624. The van der Waals surface area contributed by atoms with Crippen molar-refractivity contribution in [3.63, 3.8) is 0 Å². The van der Waals surface area contributed by atoms with Crippen molar-refractivity contribution < 1.29 is 5.11 Å². The minimum Gasteiger partial charge on any atom is -0.507 e. The van der Waals surface area contributed by atoms with Gasteiger partial charge in [-0.05, 0) is 25.1 Å². The lowest BCUT2D eigenvalue weighted by molar-refractivity contribution is 0.477. The zero-order valence-electron chi connectivity index (χ0n) is 12.0. The van der Waals surface area contributed by atoms with Crippen molar-refractivity contribution in [3.05, 3.63) is 29.8 Å². The molecule has 1 saturated heterocycles. The molecule has 0 unspecified atom stereocenters. The fraction of sp³-hybridized carbons (Fsp3) is 0.333. The quantitative estimate of drug-likeness (QED) is 0.767. The van der Waals surface area contributed by atoms with Crippen molar-refractivity contribution in [1.82, 2.24) is 15.5 Å². The maximum absolute atomic E-state index is 10.0. The fourth-order valence-corrected chi connectivity index (χ4v) is 2.54. The second-order valence-corrected chi connectivity index (χ2v) is 5.26. The molecule has 2 aromatic rings. The first-order valence-corrected chi connectivity index (χ1v) is 7.04. The fourth-order valence-electron chi connectivity index (χ4n) is 2.54. The lowest BCUT2D eigenvalue weighted by Crippen LogP contribution is -2.43. The van der Waals surface area contributed by atoms with Crippen molar-refractivity contribution >= 4 is 11.5 Å². The Morgan fingerprint density at radius 3 is 2.71 bits per heavy atom. The standard InChI is InChI=1S/C15H19N5O/c1-10-2-3-14(21)11(8-10)12-9-13(15(16)19-18-12)20-6-4-17-5-7-20/h2-3,8-9,17,21H,4-7H2,1H3,(H2,16,19). The summed E-state index contributed by atoms with van der Waals surface area (Å²) in [6.45, 7) is 5.59. The van der Waals surface area contributed by atoms with Gasteiger partial charge in [-0.3, -0.25) is 0 Å². The van der Waals surface area contributed by atoms with E-state index >= 15 is 0 Å². The first-order valence-electron chi connectivity index (χ1n) is 7.04. The highest BCUT2D eigenvalue weighted by molar-refractivity contribution is 5.74. The Labute approximate surface area is 123 Å². The minimum atomic E-state index is 0.200. The van der Waals surface area contributed by atoms with E-state index in [1.54, 1.807) is 6.07 Å². The van der Waals surface area contributed by atoms with Gasteiger partial charge in [0.25, 0.3) is 0 Å². The van der Waals surface area contributed by atoms with Crippen LogP contribution < -0.4 is 16.0 Å². The maximum Gasteiger partial charge on any atom is 0.169 e. The Balaban J connectivity index is 2.02. The summed E-state index contributed by atoms with van der Waals surface area (Å²) in [6.07, 6.45) is 0. The monoisotopic (exact) mass is 285 g/mol. The van der Waals surface area contributed by atoms with Crippen LogP contribution in [0.25, 0.3) is 11.3 Å². The van der Waals surface area contributed by atoms with Crippen LogP contribution in [0.15, 0.2) is 24.3 Å². The predicted molar refractivity (Wildman–Crippen MR) is 83.4 cm³/mol. The minimum absolute atomic E-state index is 0.200. The molecule has 1 aliphatic rings. The molecular weight excluding hydrogens is 266 g/mol. The molecule has 0 bridgehead atoms. The maximum atomic E-state index is 10.0. The van der Waals surface area contributed by atoms with E-state index in [1.165, 1.54) is 0 Å². The van der Waals surface area contributed by atoms with E-state index in [1.807, 2.05) is 25.1 Å². The summed E-state index contributed by atoms with van der Waals surface area (Å²) in [6, 6.07) is 7.34. The van der Waals surface area contributed by atoms with E-state index in [4.69, 9.17) is 5.73 Å².